The molecular formula is C18H18ClN3O3. The number of carbonyl (C=O) groups is 2. The fourth-order valence-corrected chi connectivity index (χ4v) is 2.67. The normalized spacial score (nSPS) is 12.6. The second kappa shape index (κ2) is 7.81. The fourth-order valence-electron chi connectivity index (χ4n) is 2.67. The highest BCUT2D eigenvalue weighted by Gasteiger charge is 2.18. The second-order valence-corrected chi connectivity index (χ2v) is 5.57. The number of carbonyl (C=O) groups excluding carboxylic acids is 2. The maximum absolute atomic E-state index is 12.2. The van der Waals surface area contributed by atoms with Crippen molar-refractivity contribution in [3.8, 4) is 5.75 Å². The molecule has 0 saturated heterocycles. The molecule has 0 atom stereocenters. The molecule has 0 radical (unpaired) electrons. The van der Waals surface area contributed by atoms with Gasteiger partial charge in [-0.1, -0.05) is 0 Å². The summed E-state index contributed by atoms with van der Waals surface area (Å²) in [5, 5.41) is 0. The Balaban J connectivity index is 0.00000225. The predicted octanol–water partition coefficient (Wildman–Crippen LogP) is 2.75. The number of halogens is 1. The molecule has 0 amide bonds. The third-order valence-electron chi connectivity index (χ3n) is 3.80. The first-order valence-electron chi connectivity index (χ1n) is 7.61. The van der Waals surface area contributed by atoms with Crippen LogP contribution < -0.4 is 16.2 Å². The number of ketones is 1. The maximum atomic E-state index is 12.2. The highest BCUT2D eigenvalue weighted by atomic mass is 35.5. The van der Waals surface area contributed by atoms with E-state index in [1.54, 1.807) is 42.5 Å². The molecule has 1 aliphatic carbocycles. The summed E-state index contributed by atoms with van der Waals surface area (Å²) in [6.07, 6.45) is 2.23. The Morgan fingerprint density at radius 3 is 2.44 bits per heavy atom. The number of ether oxygens (including phenoxy) is 1. The van der Waals surface area contributed by atoms with Gasteiger partial charge in [-0.25, -0.2) is 9.79 Å². The Kier molecular flexibility index (Phi) is 5.77. The van der Waals surface area contributed by atoms with Crippen molar-refractivity contribution in [3.63, 3.8) is 0 Å². The number of guanidine groups is 1. The first kappa shape index (κ1) is 18.5. The van der Waals surface area contributed by atoms with E-state index in [2.05, 4.69) is 4.99 Å². The number of esters is 1. The van der Waals surface area contributed by atoms with Crippen molar-refractivity contribution in [2.45, 2.75) is 19.3 Å². The highest BCUT2D eigenvalue weighted by molar-refractivity contribution is 5.98. The number of nitrogens with zero attached hydrogens (tertiary/aromatic N) is 1. The van der Waals surface area contributed by atoms with Crippen molar-refractivity contribution in [2.24, 2.45) is 16.5 Å². The van der Waals surface area contributed by atoms with Crippen LogP contribution in [0.15, 0.2) is 47.5 Å². The van der Waals surface area contributed by atoms with Gasteiger partial charge in [-0.15, -0.1) is 12.4 Å². The van der Waals surface area contributed by atoms with Crippen LogP contribution in [0.25, 0.3) is 0 Å². The summed E-state index contributed by atoms with van der Waals surface area (Å²) in [4.78, 5) is 27.9. The third kappa shape index (κ3) is 4.36. The van der Waals surface area contributed by atoms with E-state index >= 15 is 0 Å². The molecule has 0 fully saturated rings. The zero-order valence-corrected chi connectivity index (χ0v) is 14.2. The molecule has 0 heterocycles. The van der Waals surface area contributed by atoms with Gasteiger partial charge in [0.1, 0.15) is 5.75 Å². The van der Waals surface area contributed by atoms with Crippen LogP contribution in [-0.2, 0) is 6.42 Å². The molecule has 1 aliphatic rings. The van der Waals surface area contributed by atoms with Crippen molar-refractivity contribution in [2.75, 3.05) is 0 Å². The molecule has 0 bridgehead atoms. The summed E-state index contributed by atoms with van der Waals surface area (Å²) in [5.41, 5.74) is 13.2. The number of hydrogen-bond donors (Lipinski definition) is 2. The average Bonchev–Trinajstić information content (AvgIpc) is 2.55. The molecule has 130 valence electrons. The van der Waals surface area contributed by atoms with Gasteiger partial charge in [0.25, 0.3) is 0 Å². The molecule has 2 aromatic carbocycles. The monoisotopic (exact) mass is 359 g/mol. The van der Waals surface area contributed by atoms with Crippen molar-refractivity contribution in [1.29, 1.82) is 0 Å². The average molecular weight is 360 g/mol. The number of nitrogens with two attached hydrogens (primary N) is 2. The topological polar surface area (TPSA) is 108 Å². The number of aryl methyl sites for hydroxylation is 1. The minimum absolute atomic E-state index is 0. The lowest BCUT2D eigenvalue weighted by Crippen LogP contribution is -2.21. The molecule has 0 spiro atoms. The van der Waals surface area contributed by atoms with E-state index in [1.807, 2.05) is 0 Å². The van der Waals surface area contributed by atoms with E-state index in [0.29, 0.717) is 23.4 Å². The zero-order valence-electron chi connectivity index (χ0n) is 13.4. The van der Waals surface area contributed by atoms with Crippen LogP contribution in [0.3, 0.4) is 0 Å². The molecule has 2 aromatic rings. The molecule has 25 heavy (non-hydrogen) atoms. The van der Waals surface area contributed by atoms with Crippen molar-refractivity contribution in [3.05, 3.63) is 59.2 Å². The summed E-state index contributed by atoms with van der Waals surface area (Å²) < 4.78 is 5.39. The van der Waals surface area contributed by atoms with Gasteiger partial charge in [-0.3, -0.25) is 4.79 Å². The number of Topliss-reactive ketones (excluding diaryl/α,β-unsaturated/α-hetero) is 1. The third-order valence-corrected chi connectivity index (χ3v) is 3.80. The first-order chi connectivity index (χ1) is 11.5. The second-order valence-electron chi connectivity index (χ2n) is 5.57. The number of fused-ring (bicyclic) bond motifs is 1. The van der Waals surface area contributed by atoms with Gasteiger partial charge in [0.15, 0.2) is 11.7 Å². The summed E-state index contributed by atoms with van der Waals surface area (Å²) in [6.45, 7) is 0. The van der Waals surface area contributed by atoms with E-state index in [0.717, 1.165) is 24.0 Å². The zero-order chi connectivity index (χ0) is 17.1. The molecule has 7 heteroatoms. The molecule has 6 nitrogen and oxygen atoms in total. The van der Waals surface area contributed by atoms with Crippen LogP contribution >= 0.6 is 12.4 Å². The lowest BCUT2D eigenvalue weighted by atomic mass is 9.90. The van der Waals surface area contributed by atoms with Gasteiger partial charge in [0, 0.05) is 12.0 Å². The molecule has 0 saturated carbocycles. The van der Waals surface area contributed by atoms with Crippen LogP contribution in [-0.4, -0.2) is 17.7 Å². The van der Waals surface area contributed by atoms with Crippen LogP contribution in [0.5, 0.6) is 5.75 Å². The van der Waals surface area contributed by atoms with Gasteiger partial charge in [-0.05, 0) is 60.9 Å². The lowest BCUT2D eigenvalue weighted by Gasteiger charge is -2.15. The molecule has 0 aliphatic heterocycles. The SMILES string of the molecule is Cl.NC(N)=Nc1ccc(C(=O)Oc2ccc3c(c2)CCCC3=O)cc1. The van der Waals surface area contributed by atoms with Gasteiger partial charge >= 0.3 is 5.97 Å². The smallest absolute Gasteiger partial charge is 0.343 e. The minimum atomic E-state index is -0.478. The number of rotatable bonds is 3. The van der Waals surface area contributed by atoms with Crippen molar-refractivity contribution in [1.82, 2.24) is 0 Å². The Hall–Kier alpha value is -2.86. The van der Waals surface area contributed by atoms with E-state index in [1.165, 1.54) is 0 Å². The number of hydrogen-bond acceptors (Lipinski definition) is 4. The standard InChI is InChI=1S/C18H17N3O3.ClH/c19-18(20)21-13-6-4-11(5-7-13)17(23)24-14-8-9-15-12(10-14)2-1-3-16(15)22;/h4-10H,1-3H2,(H4,19,20,21);1H. The summed E-state index contributed by atoms with van der Waals surface area (Å²) in [5.74, 6) is 0.0495. The molecule has 3 rings (SSSR count). The first-order valence-corrected chi connectivity index (χ1v) is 7.61. The number of aliphatic imine (C=N–C) groups is 1. The fraction of sp³-hybridized carbons (Fsp3) is 0.167. The molecule has 4 N–H and O–H groups in total. The van der Waals surface area contributed by atoms with Crippen molar-refractivity contribution >= 4 is 35.8 Å². The Labute approximate surface area is 151 Å². The molecular weight excluding hydrogens is 342 g/mol. The number of benzene rings is 2. The largest absolute Gasteiger partial charge is 0.423 e. The van der Waals surface area contributed by atoms with Crippen LogP contribution in [0.1, 0.15) is 39.1 Å². The molecule has 0 aromatic heterocycles. The van der Waals surface area contributed by atoms with Gasteiger partial charge in [0.05, 0.1) is 11.3 Å². The van der Waals surface area contributed by atoms with Crippen LogP contribution in [0.2, 0.25) is 0 Å². The Bertz CT molecular complexity index is 828. The van der Waals surface area contributed by atoms with Gasteiger partial charge in [-0.2, -0.15) is 0 Å². The molecule has 0 unspecified atom stereocenters. The van der Waals surface area contributed by atoms with E-state index in [4.69, 9.17) is 16.2 Å². The predicted molar refractivity (Wildman–Crippen MR) is 97.8 cm³/mol. The van der Waals surface area contributed by atoms with Crippen molar-refractivity contribution < 1.29 is 14.3 Å². The van der Waals surface area contributed by atoms with E-state index in [9.17, 15) is 9.59 Å². The summed E-state index contributed by atoms with van der Waals surface area (Å²) in [7, 11) is 0. The summed E-state index contributed by atoms with van der Waals surface area (Å²) >= 11 is 0. The van der Waals surface area contributed by atoms with Crippen LogP contribution in [0.4, 0.5) is 5.69 Å². The van der Waals surface area contributed by atoms with Crippen LogP contribution in [0, 0.1) is 0 Å². The maximum Gasteiger partial charge on any atom is 0.343 e. The Morgan fingerprint density at radius 1 is 1.04 bits per heavy atom. The van der Waals surface area contributed by atoms with E-state index in [-0.39, 0.29) is 24.1 Å². The van der Waals surface area contributed by atoms with E-state index < -0.39 is 5.97 Å². The van der Waals surface area contributed by atoms with Gasteiger partial charge in [0.2, 0.25) is 0 Å². The summed E-state index contributed by atoms with van der Waals surface area (Å²) in [6, 6.07) is 11.6. The quantitative estimate of drug-likeness (QED) is 0.379. The van der Waals surface area contributed by atoms with Gasteiger partial charge < -0.3 is 16.2 Å². The minimum Gasteiger partial charge on any atom is -0.423 e. The highest BCUT2D eigenvalue weighted by Crippen LogP contribution is 2.26. The lowest BCUT2D eigenvalue weighted by molar-refractivity contribution is 0.0734. The Morgan fingerprint density at radius 2 is 1.76 bits per heavy atom.